The van der Waals surface area contributed by atoms with E-state index in [4.69, 9.17) is 4.84 Å². The van der Waals surface area contributed by atoms with Crippen molar-refractivity contribution in [1.29, 1.82) is 0 Å². The van der Waals surface area contributed by atoms with Crippen molar-refractivity contribution in [1.82, 2.24) is 5.06 Å². The molecule has 0 spiro atoms. The molecule has 23 heavy (non-hydrogen) atoms. The lowest BCUT2D eigenvalue weighted by Crippen LogP contribution is -2.27. The molecule has 1 atom stereocenters. The van der Waals surface area contributed by atoms with Gasteiger partial charge in [0.2, 0.25) is 0 Å². The summed E-state index contributed by atoms with van der Waals surface area (Å²) >= 11 is 0. The molecule has 0 N–H and O–H groups in total. The van der Waals surface area contributed by atoms with E-state index >= 15 is 0 Å². The van der Waals surface area contributed by atoms with Crippen molar-refractivity contribution >= 4 is 15.7 Å². The maximum atomic E-state index is 12.8. The molecule has 0 aliphatic rings. The summed E-state index contributed by atoms with van der Waals surface area (Å²) in [4.78, 5) is 17.5. The summed E-state index contributed by atoms with van der Waals surface area (Å²) in [6.07, 6.45) is 0. The van der Waals surface area contributed by atoms with Crippen molar-refractivity contribution in [2.75, 3.05) is 14.2 Å². The largest absolute Gasteiger partial charge is 0.277 e. The zero-order valence-corrected chi connectivity index (χ0v) is 14.1. The highest BCUT2D eigenvalue weighted by Gasteiger charge is 2.28. The average molecular weight is 333 g/mol. The van der Waals surface area contributed by atoms with Crippen molar-refractivity contribution in [3.8, 4) is 0 Å². The number of sulfone groups is 1. The Bertz CT molecular complexity index is 787. The maximum absolute atomic E-state index is 12.8. The molecule has 6 heteroatoms. The van der Waals surface area contributed by atoms with E-state index in [0.717, 1.165) is 5.06 Å². The van der Waals surface area contributed by atoms with Crippen LogP contribution in [-0.2, 0) is 14.7 Å². The van der Waals surface area contributed by atoms with Crippen LogP contribution in [0.25, 0.3) is 0 Å². The predicted molar refractivity (Wildman–Crippen MR) is 87.6 cm³/mol. The van der Waals surface area contributed by atoms with Crippen LogP contribution >= 0.6 is 0 Å². The van der Waals surface area contributed by atoms with Gasteiger partial charge in [-0.2, -0.15) is 0 Å². The highest BCUT2D eigenvalue weighted by Crippen LogP contribution is 2.30. The van der Waals surface area contributed by atoms with Gasteiger partial charge in [0.25, 0.3) is 5.91 Å². The summed E-state index contributed by atoms with van der Waals surface area (Å²) in [5.74, 6) is -0.391. The van der Waals surface area contributed by atoms with Crippen LogP contribution in [0.15, 0.2) is 59.5 Å². The first-order valence-electron chi connectivity index (χ1n) is 7.09. The number of carbonyl (C=O) groups is 1. The molecule has 0 aliphatic carbocycles. The highest BCUT2D eigenvalue weighted by molar-refractivity contribution is 7.91. The van der Waals surface area contributed by atoms with E-state index in [0.29, 0.717) is 11.1 Å². The summed E-state index contributed by atoms with van der Waals surface area (Å²) in [7, 11) is -0.731. The molecule has 0 bridgehead atoms. The minimum Gasteiger partial charge on any atom is -0.274 e. The Labute approximate surface area is 136 Å². The zero-order valence-electron chi connectivity index (χ0n) is 13.3. The molecule has 5 nitrogen and oxygen atoms in total. The standard InChI is InChI=1S/C17H19NO4S/c1-13(23(20,21)14-9-5-4-6-10-14)15-11-7-8-12-16(15)17(19)18(2)22-3/h4-13H,1-3H3. The molecule has 2 aromatic carbocycles. The third-order valence-corrected chi connectivity index (χ3v) is 5.84. The van der Waals surface area contributed by atoms with Gasteiger partial charge in [0, 0.05) is 12.6 Å². The second-order valence-electron chi connectivity index (χ2n) is 5.07. The number of amides is 1. The van der Waals surface area contributed by atoms with E-state index in [1.54, 1.807) is 61.5 Å². The van der Waals surface area contributed by atoms with Crippen molar-refractivity contribution in [2.24, 2.45) is 0 Å². The summed E-state index contributed by atoms with van der Waals surface area (Å²) < 4.78 is 25.6. The predicted octanol–water partition coefficient (Wildman–Crippen LogP) is 2.85. The summed E-state index contributed by atoms with van der Waals surface area (Å²) in [5, 5.41) is 0.219. The second-order valence-corrected chi connectivity index (χ2v) is 7.34. The quantitative estimate of drug-likeness (QED) is 0.789. The van der Waals surface area contributed by atoms with Crippen LogP contribution in [0, 0.1) is 0 Å². The van der Waals surface area contributed by atoms with Crippen LogP contribution < -0.4 is 0 Å². The van der Waals surface area contributed by atoms with E-state index in [1.807, 2.05) is 0 Å². The smallest absolute Gasteiger partial charge is 0.274 e. The number of carbonyl (C=O) groups excluding carboxylic acids is 1. The molecule has 0 radical (unpaired) electrons. The van der Waals surface area contributed by atoms with Gasteiger partial charge < -0.3 is 0 Å². The lowest BCUT2D eigenvalue weighted by molar-refractivity contribution is -0.0757. The van der Waals surface area contributed by atoms with Crippen LogP contribution in [0.2, 0.25) is 0 Å². The third kappa shape index (κ3) is 3.43. The van der Waals surface area contributed by atoms with E-state index in [1.165, 1.54) is 14.2 Å². The van der Waals surface area contributed by atoms with Gasteiger partial charge in [0.15, 0.2) is 9.84 Å². The van der Waals surface area contributed by atoms with Crippen molar-refractivity contribution < 1.29 is 18.0 Å². The Hall–Kier alpha value is -2.18. The molecule has 2 aromatic rings. The molecule has 1 unspecified atom stereocenters. The lowest BCUT2D eigenvalue weighted by Gasteiger charge is -2.20. The Balaban J connectivity index is 2.49. The van der Waals surface area contributed by atoms with Gasteiger partial charge in [-0.25, -0.2) is 13.5 Å². The highest BCUT2D eigenvalue weighted by atomic mass is 32.2. The topological polar surface area (TPSA) is 63.7 Å². The molecule has 0 aromatic heterocycles. The minimum absolute atomic E-state index is 0.231. The van der Waals surface area contributed by atoms with E-state index in [2.05, 4.69) is 0 Å². The molecule has 122 valence electrons. The van der Waals surface area contributed by atoms with Crippen molar-refractivity contribution in [2.45, 2.75) is 17.1 Å². The van der Waals surface area contributed by atoms with Gasteiger partial charge in [-0.05, 0) is 30.7 Å². The number of hydrogen-bond donors (Lipinski definition) is 0. The lowest BCUT2D eigenvalue weighted by atomic mass is 10.0. The van der Waals surface area contributed by atoms with Crippen LogP contribution in [0.4, 0.5) is 0 Å². The molecule has 0 heterocycles. The molecule has 0 saturated heterocycles. The number of hydrogen-bond acceptors (Lipinski definition) is 4. The molecule has 0 fully saturated rings. The number of rotatable bonds is 5. The van der Waals surface area contributed by atoms with Crippen LogP contribution in [0.5, 0.6) is 0 Å². The van der Waals surface area contributed by atoms with Gasteiger partial charge >= 0.3 is 0 Å². The third-order valence-electron chi connectivity index (χ3n) is 3.73. The van der Waals surface area contributed by atoms with Crippen LogP contribution in [0.1, 0.15) is 28.1 Å². The van der Waals surface area contributed by atoms with Crippen LogP contribution in [-0.4, -0.2) is 33.5 Å². The fraction of sp³-hybridized carbons (Fsp3) is 0.235. The monoisotopic (exact) mass is 333 g/mol. The number of nitrogens with zero attached hydrogens (tertiary/aromatic N) is 1. The van der Waals surface area contributed by atoms with E-state index in [9.17, 15) is 13.2 Å². The van der Waals surface area contributed by atoms with Gasteiger partial charge in [0.1, 0.15) is 0 Å². The Morgan fingerprint density at radius 3 is 2.22 bits per heavy atom. The summed E-state index contributed by atoms with van der Waals surface area (Å²) in [5.41, 5.74) is 0.758. The fourth-order valence-electron chi connectivity index (χ4n) is 2.28. The van der Waals surface area contributed by atoms with Gasteiger partial charge in [-0.1, -0.05) is 36.4 Å². The number of hydroxylamine groups is 2. The van der Waals surface area contributed by atoms with Crippen LogP contribution in [0.3, 0.4) is 0 Å². The van der Waals surface area contributed by atoms with Crippen molar-refractivity contribution in [3.63, 3.8) is 0 Å². The SMILES string of the molecule is CON(C)C(=O)c1ccccc1C(C)S(=O)(=O)c1ccccc1. The van der Waals surface area contributed by atoms with Gasteiger partial charge in [-0.15, -0.1) is 0 Å². The normalized spacial score (nSPS) is 12.7. The molecule has 0 aliphatic heterocycles. The number of benzene rings is 2. The van der Waals surface area contributed by atoms with E-state index < -0.39 is 21.0 Å². The Kier molecular flexibility index (Phi) is 5.18. The van der Waals surface area contributed by atoms with Gasteiger partial charge in [0.05, 0.1) is 17.3 Å². The summed E-state index contributed by atoms with van der Waals surface area (Å²) in [6.45, 7) is 1.58. The zero-order chi connectivity index (χ0) is 17.0. The average Bonchev–Trinajstić information content (AvgIpc) is 2.60. The molecule has 2 rings (SSSR count). The van der Waals surface area contributed by atoms with Crippen molar-refractivity contribution in [3.05, 3.63) is 65.7 Å². The maximum Gasteiger partial charge on any atom is 0.277 e. The molecular weight excluding hydrogens is 314 g/mol. The Morgan fingerprint density at radius 2 is 1.61 bits per heavy atom. The minimum atomic E-state index is -3.59. The fourth-order valence-corrected chi connectivity index (χ4v) is 3.76. The molecule has 1 amide bonds. The molecular formula is C17H19NO4S. The van der Waals surface area contributed by atoms with Gasteiger partial charge in [-0.3, -0.25) is 9.63 Å². The summed E-state index contributed by atoms with van der Waals surface area (Å²) in [6, 6.07) is 14.9. The van der Waals surface area contributed by atoms with E-state index in [-0.39, 0.29) is 4.90 Å². The molecule has 0 saturated carbocycles. The first-order chi connectivity index (χ1) is 10.9. The Morgan fingerprint density at radius 1 is 1.04 bits per heavy atom. The second kappa shape index (κ2) is 6.93. The first kappa shape index (κ1) is 17.2. The first-order valence-corrected chi connectivity index (χ1v) is 8.64.